The number of nitrogens with two attached hydrogens (primary N) is 1. The van der Waals surface area contributed by atoms with E-state index in [0.717, 1.165) is 0 Å². The van der Waals surface area contributed by atoms with Crippen molar-refractivity contribution in [2.24, 2.45) is 0 Å². The predicted octanol–water partition coefficient (Wildman–Crippen LogP) is 3.23. The molecule has 0 aliphatic carbocycles. The molecular weight excluding hydrogens is 301 g/mol. The highest BCUT2D eigenvalue weighted by Gasteiger charge is 2.14. The Hall–Kier alpha value is -1.98. The van der Waals surface area contributed by atoms with Gasteiger partial charge < -0.3 is 15.8 Å². The molecule has 1 heterocycles. The number of rotatable bonds is 3. The summed E-state index contributed by atoms with van der Waals surface area (Å²) in [6.07, 6.45) is 1.32. The first-order chi connectivity index (χ1) is 9.51. The first-order valence-electron chi connectivity index (χ1n) is 5.57. The van der Waals surface area contributed by atoms with Gasteiger partial charge in [-0.2, -0.15) is 0 Å². The molecule has 2 rings (SSSR count). The van der Waals surface area contributed by atoms with Gasteiger partial charge in [-0.05, 0) is 24.3 Å². The molecule has 0 unspecified atom stereocenters. The minimum absolute atomic E-state index is 0.206. The number of hydrogen-bond donors (Lipinski definition) is 2. The van der Waals surface area contributed by atoms with Crippen molar-refractivity contribution in [3.8, 4) is 5.75 Å². The van der Waals surface area contributed by atoms with Crippen molar-refractivity contribution < 1.29 is 9.53 Å². The number of amides is 1. The van der Waals surface area contributed by atoms with Gasteiger partial charge in [0, 0.05) is 11.2 Å². The zero-order valence-electron chi connectivity index (χ0n) is 10.5. The van der Waals surface area contributed by atoms with Gasteiger partial charge in [-0.15, -0.1) is 0 Å². The minimum Gasteiger partial charge on any atom is -0.495 e. The quantitative estimate of drug-likeness (QED) is 0.912. The molecule has 0 saturated heterocycles. The van der Waals surface area contributed by atoms with Crippen LogP contribution in [0.15, 0.2) is 30.5 Å². The van der Waals surface area contributed by atoms with Crippen LogP contribution in [0.1, 0.15) is 10.4 Å². The van der Waals surface area contributed by atoms with E-state index in [1.165, 1.54) is 19.4 Å². The number of aromatic nitrogens is 1. The molecule has 0 saturated carbocycles. The summed E-state index contributed by atoms with van der Waals surface area (Å²) in [5.74, 6) is 0.267. The maximum atomic E-state index is 12.2. The van der Waals surface area contributed by atoms with Crippen LogP contribution in [0.4, 0.5) is 11.5 Å². The number of halogens is 2. The normalized spacial score (nSPS) is 10.2. The lowest BCUT2D eigenvalue weighted by Gasteiger charge is -2.11. The fraction of sp³-hybridized carbons (Fsp3) is 0.0769. The molecule has 7 heteroatoms. The van der Waals surface area contributed by atoms with Gasteiger partial charge in [-0.1, -0.05) is 23.2 Å². The number of hydrogen-bond acceptors (Lipinski definition) is 4. The fourth-order valence-electron chi connectivity index (χ4n) is 1.60. The van der Waals surface area contributed by atoms with Crippen LogP contribution in [-0.2, 0) is 0 Å². The summed E-state index contributed by atoms with van der Waals surface area (Å²) in [6, 6.07) is 6.29. The van der Waals surface area contributed by atoms with Crippen molar-refractivity contribution in [1.29, 1.82) is 0 Å². The third-order valence-electron chi connectivity index (χ3n) is 2.53. The zero-order valence-corrected chi connectivity index (χ0v) is 12.0. The summed E-state index contributed by atoms with van der Waals surface area (Å²) in [5.41, 5.74) is 6.21. The number of methoxy groups -OCH3 is 1. The Morgan fingerprint density at radius 2 is 2.10 bits per heavy atom. The van der Waals surface area contributed by atoms with Gasteiger partial charge in [0.05, 0.1) is 23.4 Å². The van der Waals surface area contributed by atoms with E-state index in [4.69, 9.17) is 33.7 Å². The second-order valence-electron chi connectivity index (χ2n) is 3.89. The lowest BCUT2D eigenvalue weighted by atomic mass is 10.2. The molecule has 0 radical (unpaired) electrons. The van der Waals surface area contributed by atoms with Crippen molar-refractivity contribution in [2.75, 3.05) is 18.2 Å². The van der Waals surface area contributed by atoms with Crippen molar-refractivity contribution in [3.05, 3.63) is 46.1 Å². The molecule has 104 valence electrons. The van der Waals surface area contributed by atoms with Crippen LogP contribution in [0.25, 0.3) is 0 Å². The molecule has 0 fully saturated rings. The Balaban J connectivity index is 2.32. The van der Waals surface area contributed by atoms with Gasteiger partial charge in [0.15, 0.2) is 0 Å². The summed E-state index contributed by atoms with van der Waals surface area (Å²) in [7, 11) is 1.50. The molecule has 0 atom stereocenters. The average molecular weight is 312 g/mol. The Kier molecular flexibility index (Phi) is 4.32. The standard InChI is InChI=1S/C13H11Cl2N3O2/c1-20-11-3-2-7(14)4-10(11)18-13(19)8-5-12(16)17-6-9(8)15/h2-6H,1H3,(H2,16,17)(H,18,19). The van der Waals surface area contributed by atoms with Crippen LogP contribution >= 0.6 is 23.2 Å². The second-order valence-corrected chi connectivity index (χ2v) is 4.73. The lowest BCUT2D eigenvalue weighted by molar-refractivity contribution is 0.102. The van der Waals surface area contributed by atoms with Crippen LogP contribution in [0.5, 0.6) is 5.75 Å². The van der Waals surface area contributed by atoms with Crippen LogP contribution in [0, 0.1) is 0 Å². The highest BCUT2D eigenvalue weighted by atomic mass is 35.5. The van der Waals surface area contributed by atoms with Gasteiger partial charge in [-0.25, -0.2) is 4.98 Å². The molecule has 0 aliphatic rings. The van der Waals surface area contributed by atoms with Crippen LogP contribution in [-0.4, -0.2) is 18.0 Å². The highest BCUT2D eigenvalue weighted by molar-refractivity contribution is 6.34. The number of ether oxygens (including phenoxy) is 1. The molecule has 1 aromatic carbocycles. The number of anilines is 2. The van der Waals surface area contributed by atoms with E-state index in [1.807, 2.05) is 0 Å². The summed E-state index contributed by atoms with van der Waals surface area (Å²) in [5, 5.41) is 3.35. The van der Waals surface area contributed by atoms with E-state index in [2.05, 4.69) is 10.3 Å². The number of carbonyl (C=O) groups is 1. The number of benzene rings is 1. The lowest BCUT2D eigenvalue weighted by Crippen LogP contribution is -2.14. The molecule has 2 aromatic rings. The van der Waals surface area contributed by atoms with Crippen molar-refractivity contribution in [2.45, 2.75) is 0 Å². The molecule has 0 bridgehead atoms. The Labute approximate surface area is 125 Å². The smallest absolute Gasteiger partial charge is 0.257 e. The zero-order chi connectivity index (χ0) is 14.7. The topological polar surface area (TPSA) is 77.2 Å². The molecule has 20 heavy (non-hydrogen) atoms. The van der Waals surface area contributed by atoms with E-state index in [0.29, 0.717) is 16.5 Å². The molecule has 3 N–H and O–H groups in total. The van der Waals surface area contributed by atoms with E-state index in [-0.39, 0.29) is 16.4 Å². The molecular formula is C13H11Cl2N3O2. The molecule has 0 aliphatic heterocycles. The van der Waals surface area contributed by atoms with E-state index in [9.17, 15) is 4.79 Å². The largest absolute Gasteiger partial charge is 0.495 e. The molecule has 1 amide bonds. The first kappa shape index (κ1) is 14.4. The van der Waals surface area contributed by atoms with Gasteiger partial charge in [-0.3, -0.25) is 4.79 Å². The monoisotopic (exact) mass is 311 g/mol. The van der Waals surface area contributed by atoms with Gasteiger partial charge in [0.25, 0.3) is 5.91 Å². The summed E-state index contributed by atoms with van der Waals surface area (Å²) < 4.78 is 5.15. The van der Waals surface area contributed by atoms with E-state index in [1.54, 1.807) is 18.2 Å². The summed E-state index contributed by atoms with van der Waals surface area (Å²) in [6.45, 7) is 0. The van der Waals surface area contributed by atoms with E-state index >= 15 is 0 Å². The Bertz CT molecular complexity index is 662. The molecule has 5 nitrogen and oxygen atoms in total. The third-order valence-corrected chi connectivity index (χ3v) is 3.07. The number of nitrogens with one attached hydrogen (secondary N) is 1. The highest BCUT2D eigenvalue weighted by Crippen LogP contribution is 2.28. The van der Waals surface area contributed by atoms with Gasteiger partial charge in [0.2, 0.25) is 0 Å². The number of nitrogens with zero attached hydrogens (tertiary/aromatic N) is 1. The average Bonchev–Trinajstić information content (AvgIpc) is 2.41. The maximum Gasteiger partial charge on any atom is 0.257 e. The SMILES string of the molecule is COc1ccc(Cl)cc1NC(=O)c1cc(N)ncc1Cl. The van der Waals surface area contributed by atoms with Crippen molar-refractivity contribution >= 4 is 40.6 Å². The minimum atomic E-state index is -0.426. The van der Waals surface area contributed by atoms with Gasteiger partial charge in [0.1, 0.15) is 11.6 Å². The Morgan fingerprint density at radius 1 is 1.35 bits per heavy atom. The number of pyridine rings is 1. The first-order valence-corrected chi connectivity index (χ1v) is 6.32. The maximum absolute atomic E-state index is 12.2. The second kappa shape index (κ2) is 5.98. The predicted molar refractivity (Wildman–Crippen MR) is 79.6 cm³/mol. The van der Waals surface area contributed by atoms with E-state index < -0.39 is 5.91 Å². The van der Waals surface area contributed by atoms with Crippen molar-refractivity contribution in [1.82, 2.24) is 4.98 Å². The fourth-order valence-corrected chi connectivity index (χ4v) is 1.96. The van der Waals surface area contributed by atoms with Gasteiger partial charge >= 0.3 is 0 Å². The summed E-state index contributed by atoms with van der Waals surface area (Å²) in [4.78, 5) is 16.0. The van der Waals surface area contributed by atoms with Crippen LogP contribution in [0.2, 0.25) is 10.0 Å². The number of carbonyl (C=O) groups excluding carboxylic acids is 1. The third kappa shape index (κ3) is 3.12. The van der Waals surface area contributed by atoms with Crippen LogP contribution in [0.3, 0.4) is 0 Å². The molecule has 1 aromatic heterocycles. The molecule has 0 spiro atoms. The van der Waals surface area contributed by atoms with Crippen molar-refractivity contribution in [3.63, 3.8) is 0 Å². The number of nitrogen functional groups attached to an aromatic ring is 1. The van der Waals surface area contributed by atoms with Crippen LogP contribution < -0.4 is 15.8 Å². The Morgan fingerprint density at radius 3 is 2.80 bits per heavy atom. The summed E-state index contributed by atoms with van der Waals surface area (Å²) >= 11 is 11.8.